The average molecular weight is 488 g/mol. The molecule has 5 nitrogen and oxygen atoms in total. The van der Waals surface area contributed by atoms with Gasteiger partial charge in [0, 0.05) is 37.2 Å². The molecule has 1 saturated heterocycles. The molecule has 1 fully saturated rings. The number of fused-ring (bicyclic) bond motifs is 1. The fraction of sp³-hybridized carbons (Fsp3) is 0.353. The number of piperazine rings is 1. The Morgan fingerprint density at radius 3 is 2.56 bits per heavy atom. The molecule has 0 N–H and O–H groups in total. The average Bonchev–Trinajstić information content (AvgIpc) is 3.21. The molecule has 4 rings (SSSR count). The standard InChI is InChI=1S/C17H16Br2N2O3S/c18-12-8-15(25-16(12)19)17(22)21-5-3-20(4-6-21)9-11-1-2-13-14(7-11)24-10-23-13/h1-2,7-8H,3-6,9-10H2. The Bertz CT molecular complexity index is 784. The molecular weight excluding hydrogens is 472 g/mol. The second kappa shape index (κ2) is 7.26. The molecule has 3 heterocycles. The second-order valence-electron chi connectivity index (χ2n) is 5.99. The van der Waals surface area contributed by atoms with Crippen LogP contribution in [0.15, 0.2) is 32.5 Å². The third kappa shape index (κ3) is 3.72. The van der Waals surface area contributed by atoms with E-state index in [0.29, 0.717) is 6.79 Å². The van der Waals surface area contributed by atoms with Gasteiger partial charge in [-0.25, -0.2) is 0 Å². The van der Waals surface area contributed by atoms with Gasteiger partial charge in [-0.05, 0) is 55.6 Å². The minimum atomic E-state index is 0.110. The van der Waals surface area contributed by atoms with Gasteiger partial charge >= 0.3 is 0 Å². The maximum Gasteiger partial charge on any atom is 0.264 e. The topological polar surface area (TPSA) is 42.0 Å². The summed E-state index contributed by atoms with van der Waals surface area (Å²) in [6, 6.07) is 7.96. The molecule has 25 heavy (non-hydrogen) atoms. The Labute approximate surface area is 166 Å². The summed E-state index contributed by atoms with van der Waals surface area (Å²) >= 11 is 8.36. The number of halogens is 2. The molecule has 2 aliphatic rings. The summed E-state index contributed by atoms with van der Waals surface area (Å²) in [5, 5.41) is 0. The quantitative estimate of drug-likeness (QED) is 0.657. The molecule has 0 spiro atoms. The fourth-order valence-electron chi connectivity index (χ4n) is 3.01. The van der Waals surface area contributed by atoms with Gasteiger partial charge in [-0.3, -0.25) is 9.69 Å². The zero-order valence-electron chi connectivity index (χ0n) is 13.3. The van der Waals surface area contributed by atoms with Gasteiger partial charge in [0.05, 0.1) is 8.66 Å². The summed E-state index contributed by atoms with van der Waals surface area (Å²) in [5.74, 6) is 1.74. The Morgan fingerprint density at radius 2 is 1.84 bits per heavy atom. The molecule has 0 radical (unpaired) electrons. The Balaban J connectivity index is 1.34. The number of rotatable bonds is 3. The van der Waals surface area contributed by atoms with Crippen LogP contribution >= 0.6 is 43.2 Å². The van der Waals surface area contributed by atoms with Crippen molar-refractivity contribution in [3.8, 4) is 11.5 Å². The van der Waals surface area contributed by atoms with E-state index in [9.17, 15) is 4.79 Å². The van der Waals surface area contributed by atoms with E-state index in [2.05, 4.69) is 42.8 Å². The first-order valence-corrected chi connectivity index (χ1v) is 10.4. The molecule has 2 aromatic rings. The Hall–Kier alpha value is -1.09. The zero-order chi connectivity index (χ0) is 17.4. The first-order chi connectivity index (χ1) is 12.1. The summed E-state index contributed by atoms with van der Waals surface area (Å²) in [7, 11) is 0. The van der Waals surface area contributed by atoms with Crippen LogP contribution in [-0.4, -0.2) is 48.7 Å². The summed E-state index contributed by atoms with van der Waals surface area (Å²) in [6.07, 6.45) is 0. The van der Waals surface area contributed by atoms with Gasteiger partial charge in [0.15, 0.2) is 11.5 Å². The number of carbonyl (C=O) groups excluding carboxylic acids is 1. The van der Waals surface area contributed by atoms with E-state index in [0.717, 1.165) is 57.4 Å². The van der Waals surface area contributed by atoms with Crippen LogP contribution in [0.1, 0.15) is 15.2 Å². The van der Waals surface area contributed by atoms with Crippen LogP contribution in [0.3, 0.4) is 0 Å². The smallest absolute Gasteiger partial charge is 0.264 e. The van der Waals surface area contributed by atoms with Crippen LogP contribution in [0, 0.1) is 0 Å². The van der Waals surface area contributed by atoms with E-state index in [1.54, 1.807) is 0 Å². The molecule has 0 unspecified atom stereocenters. The van der Waals surface area contributed by atoms with Crippen LogP contribution in [0.25, 0.3) is 0 Å². The van der Waals surface area contributed by atoms with Gasteiger partial charge in [0.25, 0.3) is 5.91 Å². The third-order valence-corrected chi connectivity index (χ3v) is 7.60. The van der Waals surface area contributed by atoms with E-state index in [-0.39, 0.29) is 5.91 Å². The molecular formula is C17H16Br2N2O3S. The van der Waals surface area contributed by atoms with Crippen molar-refractivity contribution in [3.63, 3.8) is 0 Å². The molecule has 1 aromatic carbocycles. The summed E-state index contributed by atoms with van der Waals surface area (Å²) < 4.78 is 12.7. The molecule has 8 heteroatoms. The normalized spacial score (nSPS) is 17.1. The summed E-state index contributed by atoms with van der Waals surface area (Å²) in [6.45, 7) is 4.39. The molecule has 132 valence electrons. The monoisotopic (exact) mass is 486 g/mol. The lowest BCUT2D eigenvalue weighted by atomic mass is 10.1. The van der Waals surface area contributed by atoms with Gasteiger partial charge in [-0.2, -0.15) is 0 Å². The van der Waals surface area contributed by atoms with Crippen molar-refractivity contribution in [2.24, 2.45) is 0 Å². The number of benzene rings is 1. The number of amides is 1. The lowest BCUT2D eigenvalue weighted by Crippen LogP contribution is -2.48. The molecule has 1 aromatic heterocycles. The first-order valence-electron chi connectivity index (χ1n) is 7.95. The van der Waals surface area contributed by atoms with Crippen molar-refractivity contribution in [3.05, 3.63) is 43.0 Å². The van der Waals surface area contributed by atoms with Crippen LogP contribution in [0.2, 0.25) is 0 Å². The van der Waals surface area contributed by atoms with Crippen LogP contribution in [0.4, 0.5) is 0 Å². The lowest BCUT2D eigenvalue weighted by molar-refractivity contribution is 0.0633. The first kappa shape index (κ1) is 17.3. The minimum Gasteiger partial charge on any atom is -0.454 e. The van der Waals surface area contributed by atoms with Crippen LogP contribution in [-0.2, 0) is 6.54 Å². The minimum absolute atomic E-state index is 0.110. The van der Waals surface area contributed by atoms with E-state index < -0.39 is 0 Å². The van der Waals surface area contributed by atoms with Gasteiger partial charge in [0.1, 0.15) is 0 Å². The number of carbonyl (C=O) groups is 1. The van der Waals surface area contributed by atoms with Gasteiger partial charge in [0.2, 0.25) is 6.79 Å². The predicted octanol–water partition coefficient (Wildman–Crippen LogP) is 3.96. The SMILES string of the molecule is O=C(c1cc(Br)c(Br)s1)N1CCN(Cc2ccc3c(c2)OCO3)CC1. The van der Waals surface area contributed by atoms with Crippen molar-refractivity contribution >= 4 is 49.1 Å². The van der Waals surface area contributed by atoms with E-state index in [1.807, 2.05) is 23.1 Å². The number of thiophene rings is 1. The highest BCUT2D eigenvalue weighted by Gasteiger charge is 2.24. The van der Waals surface area contributed by atoms with Crippen molar-refractivity contribution in [2.45, 2.75) is 6.54 Å². The highest BCUT2D eigenvalue weighted by atomic mass is 79.9. The van der Waals surface area contributed by atoms with E-state index in [1.165, 1.54) is 16.9 Å². The molecule has 0 bridgehead atoms. The Kier molecular flexibility index (Phi) is 5.04. The fourth-order valence-corrected chi connectivity index (χ4v) is 5.02. The zero-order valence-corrected chi connectivity index (χ0v) is 17.3. The number of nitrogens with zero attached hydrogens (tertiary/aromatic N) is 2. The number of hydrogen-bond donors (Lipinski definition) is 0. The van der Waals surface area contributed by atoms with Crippen LogP contribution < -0.4 is 9.47 Å². The molecule has 0 atom stereocenters. The predicted molar refractivity (Wildman–Crippen MR) is 103 cm³/mol. The van der Waals surface area contributed by atoms with Gasteiger partial charge < -0.3 is 14.4 Å². The van der Waals surface area contributed by atoms with Crippen molar-refractivity contribution < 1.29 is 14.3 Å². The molecule has 0 saturated carbocycles. The molecule has 2 aliphatic heterocycles. The second-order valence-corrected chi connectivity index (χ2v) is 9.21. The van der Waals surface area contributed by atoms with Crippen molar-refractivity contribution in [1.29, 1.82) is 0 Å². The molecule has 1 amide bonds. The van der Waals surface area contributed by atoms with E-state index in [4.69, 9.17) is 9.47 Å². The largest absolute Gasteiger partial charge is 0.454 e. The summed E-state index contributed by atoms with van der Waals surface area (Å²) in [4.78, 5) is 17.7. The van der Waals surface area contributed by atoms with E-state index >= 15 is 0 Å². The number of hydrogen-bond acceptors (Lipinski definition) is 5. The Morgan fingerprint density at radius 1 is 1.08 bits per heavy atom. The summed E-state index contributed by atoms with van der Waals surface area (Å²) in [5.41, 5.74) is 1.20. The van der Waals surface area contributed by atoms with Crippen molar-refractivity contribution in [2.75, 3.05) is 33.0 Å². The number of ether oxygens (including phenoxy) is 2. The maximum atomic E-state index is 12.6. The highest BCUT2D eigenvalue weighted by molar-refractivity contribution is 9.13. The van der Waals surface area contributed by atoms with Crippen LogP contribution in [0.5, 0.6) is 11.5 Å². The molecule has 0 aliphatic carbocycles. The van der Waals surface area contributed by atoms with Crippen molar-refractivity contribution in [1.82, 2.24) is 9.80 Å². The highest BCUT2D eigenvalue weighted by Crippen LogP contribution is 2.34. The third-order valence-electron chi connectivity index (χ3n) is 4.36. The van der Waals surface area contributed by atoms with Gasteiger partial charge in [-0.15, -0.1) is 11.3 Å². The van der Waals surface area contributed by atoms with Gasteiger partial charge in [-0.1, -0.05) is 6.07 Å². The lowest BCUT2D eigenvalue weighted by Gasteiger charge is -2.34. The maximum absolute atomic E-state index is 12.6.